The highest BCUT2D eigenvalue weighted by Gasteiger charge is 2.45. The quantitative estimate of drug-likeness (QED) is 0.596. The van der Waals surface area contributed by atoms with Gasteiger partial charge in [0.2, 0.25) is 0 Å². The zero-order valence-corrected chi connectivity index (χ0v) is 15.4. The molecule has 0 amide bonds. The van der Waals surface area contributed by atoms with Crippen molar-refractivity contribution in [3.05, 3.63) is 23.1 Å². The Morgan fingerprint density at radius 2 is 2.11 bits per heavy atom. The second-order valence-corrected chi connectivity index (χ2v) is 7.76. The summed E-state index contributed by atoms with van der Waals surface area (Å²) in [6.07, 6.45) is 3.73. The average Bonchev–Trinajstić information content (AvgIpc) is 2.67. The van der Waals surface area contributed by atoms with Crippen molar-refractivity contribution in [1.82, 2.24) is 10.2 Å². The number of Topliss-reactive ketones (excluding diaryl/α,β-unsaturated/α-hetero) is 1. The van der Waals surface area contributed by atoms with Gasteiger partial charge in [0.25, 0.3) is 0 Å². The van der Waals surface area contributed by atoms with E-state index >= 15 is 0 Å². The third-order valence-electron chi connectivity index (χ3n) is 6.07. The number of rotatable bonds is 4. The molecule has 0 unspecified atom stereocenters. The lowest BCUT2D eigenvalue weighted by Gasteiger charge is -2.41. The molecule has 148 valence electrons. The van der Waals surface area contributed by atoms with Gasteiger partial charge in [0, 0.05) is 26.1 Å². The summed E-state index contributed by atoms with van der Waals surface area (Å²) in [6, 6.07) is 0. The zero-order valence-electron chi connectivity index (χ0n) is 15.4. The topological polar surface area (TPSA) is 114 Å². The summed E-state index contributed by atoms with van der Waals surface area (Å²) >= 11 is 0. The highest BCUT2D eigenvalue weighted by molar-refractivity contribution is 5.99. The fourth-order valence-corrected chi connectivity index (χ4v) is 4.38. The summed E-state index contributed by atoms with van der Waals surface area (Å²) in [5.41, 5.74) is 7.64. The van der Waals surface area contributed by atoms with Crippen molar-refractivity contribution in [2.24, 2.45) is 17.6 Å². The predicted octanol–water partition coefficient (Wildman–Crippen LogP) is 0.204. The van der Waals surface area contributed by atoms with Gasteiger partial charge < -0.3 is 25.6 Å². The van der Waals surface area contributed by atoms with Crippen molar-refractivity contribution in [2.45, 2.75) is 38.0 Å². The van der Waals surface area contributed by atoms with E-state index in [1.807, 2.05) is 0 Å². The van der Waals surface area contributed by atoms with Gasteiger partial charge in [-0.1, -0.05) is 11.6 Å². The number of carboxylic acids is 1. The van der Waals surface area contributed by atoms with Gasteiger partial charge in [0.05, 0.1) is 36.8 Å². The van der Waals surface area contributed by atoms with Crippen LogP contribution in [0.2, 0.25) is 0 Å². The Kier molecular flexibility index (Phi) is 5.21. The minimum absolute atomic E-state index is 0.0175. The molecule has 3 aliphatic heterocycles. The van der Waals surface area contributed by atoms with E-state index in [9.17, 15) is 14.7 Å². The van der Waals surface area contributed by atoms with E-state index in [0.29, 0.717) is 24.3 Å². The zero-order chi connectivity index (χ0) is 19.0. The predicted molar refractivity (Wildman–Crippen MR) is 96.4 cm³/mol. The molecule has 4 aliphatic rings. The van der Waals surface area contributed by atoms with E-state index in [0.717, 1.165) is 39.3 Å². The SMILES string of the molecule is N[C@@H]1NC2=C(C[C@@H]1C(=O)O)C(=O)[C@H]1CC(CCN3CCOCC3)=CC[C@H]1O2. The Bertz CT molecular complexity index is 683. The first-order valence-electron chi connectivity index (χ1n) is 9.70. The summed E-state index contributed by atoms with van der Waals surface area (Å²) in [7, 11) is 0. The standard InChI is InChI=1S/C19H27N3O5/c20-17-14(19(24)25)10-13-16(23)12-9-11(1-2-15(12)27-18(13)21-17)3-4-22-5-7-26-8-6-22/h1,12,14-15,17,21H,2-10,20H2,(H,24,25)/t12-,14-,15+,17+/m0/s1. The molecule has 1 aliphatic carbocycles. The maximum atomic E-state index is 13.1. The van der Waals surface area contributed by atoms with Crippen molar-refractivity contribution < 1.29 is 24.2 Å². The van der Waals surface area contributed by atoms with Crippen LogP contribution < -0.4 is 11.1 Å². The van der Waals surface area contributed by atoms with Crippen molar-refractivity contribution in [1.29, 1.82) is 0 Å². The minimum atomic E-state index is -0.994. The highest BCUT2D eigenvalue weighted by atomic mass is 16.5. The number of ketones is 1. The van der Waals surface area contributed by atoms with Crippen molar-refractivity contribution in [3.8, 4) is 0 Å². The van der Waals surface area contributed by atoms with Gasteiger partial charge in [-0.05, 0) is 19.3 Å². The van der Waals surface area contributed by atoms with Crippen LogP contribution in [0, 0.1) is 11.8 Å². The fraction of sp³-hybridized carbons (Fsp3) is 0.684. The van der Waals surface area contributed by atoms with E-state index in [2.05, 4.69) is 16.3 Å². The number of morpholine rings is 1. The first-order chi connectivity index (χ1) is 13.0. The van der Waals surface area contributed by atoms with Gasteiger partial charge in [-0.25, -0.2) is 0 Å². The van der Waals surface area contributed by atoms with Gasteiger partial charge in [-0.15, -0.1) is 0 Å². The molecule has 4 rings (SSSR count). The molecule has 3 heterocycles. The van der Waals surface area contributed by atoms with Gasteiger partial charge in [0.1, 0.15) is 6.10 Å². The van der Waals surface area contributed by atoms with Crippen LogP contribution in [0.3, 0.4) is 0 Å². The van der Waals surface area contributed by atoms with Gasteiger partial charge in [-0.3, -0.25) is 14.5 Å². The number of nitrogens with one attached hydrogen (secondary N) is 1. The van der Waals surface area contributed by atoms with Crippen molar-refractivity contribution >= 4 is 11.8 Å². The van der Waals surface area contributed by atoms with Gasteiger partial charge >= 0.3 is 5.97 Å². The molecule has 1 fully saturated rings. The molecular formula is C19H27N3O5. The van der Waals surface area contributed by atoms with E-state index in [1.165, 1.54) is 5.57 Å². The van der Waals surface area contributed by atoms with E-state index in [4.69, 9.17) is 15.2 Å². The summed E-state index contributed by atoms with van der Waals surface area (Å²) in [5, 5.41) is 12.2. The Labute approximate surface area is 158 Å². The van der Waals surface area contributed by atoms with Crippen molar-refractivity contribution in [2.75, 3.05) is 32.8 Å². The molecule has 8 nitrogen and oxygen atoms in total. The lowest BCUT2D eigenvalue weighted by molar-refractivity contribution is -0.143. The third-order valence-corrected chi connectivity index (χ3v) is 6.07. The number of aliphatic carboxylic acids is 1. The molecule has 27 heavy (non-hydrogen) atoms. The van der Waals surface area contributed by atoms with Crippen LogP contribution >= 0.6 is 0 Å². The highest BCUT2D eigenvalue weighted by Crippen LogP contribution is 2.39. The molecule has 0 radical (unpaired) electrons. The fourth-order valence-electron chi connectivity index (χ4n) is 4.38. The molecule has 0 spiro atoms. The van der Waals surface area contributed by atoms with Crippen LogP contribution in [0.1, 0.15) is 25.7 Å². The Morgan fingerprint density at radius 1 is 1.33 bits per heavy atom. The van der Waals surface area contributed by atoms with Crippen LogP contribution in [-0.2, 0) is 19.1 Å². The largest absolute Gasteiger partial charge is 0.481 e. The van der Waals surface area contributed by atoms with E-state index < -0.39 is 18.1 Å². The minimum Gasteiger partial charge on any atom is -0.481 e. The van der Waals surface area contributed by atoms with Crippen molar-refractivity contribution in [3.63, 3.8) is 0 Å². The molecule has 1 saturated heterocycles. The van der Waals surface area contributed by atoms with E-state index in [1.54, 1.807) is 0 Å². The molecule has 0 bridgehead atoms. The second kappa shape index (κ2) is 7.61. The number of ether oxygens (including phenoxy) is 2. The average molecular weight is 377 g/mol. The first kappa shape index (κ1) is 18.5. The molecule has 0 aromatic heterocycles. The molecule has 8 heteroatoms. The number of carbonyl (C=O) groups is 2. The van der Waals surface area contributed by atoms with E-state index in [-0.39, 0.29) is 24.2 Å². The molecule has 4 N–H and O–H groups in total. The van der Waals surface area contributed by atoms with Gasteiger partial charge in [0.15, 0.2) is 11.7 Å². The van der Waals surface area contributed by atoms with Crippen LogP contribution in [-0.4, -0.2) is 66.9 Å². The summed E-state index contributed by atoms with van der Waals surface area (Å²) < 4.78 is 11.4. The number of hydrogen-bond donors (Lipinski definition) is 3. The maximum Gasteiger partial charge on any atom is 0.310 e. The number of carboxylic acid groups (broad SMARTS) is 1. The summed E-state index contributed by atoms with van der Waals surface area (Å²) in [5.74, 6) is -1.63. The molecular weight excluding hydrogens is 350 g/mol. The smallest absolute Gasteiger partial charge is 0.310 e. The van der Waals surface area contributed by atoms with Crippen LogP contribution in [0.25, 0.3) is 0 Å². The lowest BCUT2D eigenvalue weighted by Crippen LogP contribution is -2.54. The molecule has 4 atom stereocenters. The van der Waals surface area contributed by atoms with Crippen LogP contribution in [0.4, 0.5) is 0 Å². The number of nitrogens with two attached hydrogens (primary N) is 1. The number of nitrogens with zero attached hydrogens (tertiary/aromatic N) is 1. The molecule has 0 aromatic rings. The first-order valence-corrected chi connectivity index (χ1v) is 9.70. The van der Waals surface area contributed by atoms with Gasteiger partial charge in [-0.2, -0.15) is 0 Å². The Hall–Kier alpha value is -1.90. The molecule has 0 aromatic carbocycles. The lowest BCUT2D eigenvalue weighted by atomic mass is 9.76. The number of carbonyl (C=O) groups excluding carboxylic acids is 1. The third kappa shape index (κ3) is 3.74. The number of fused-ring (bicyclic) bond motifs is 1. The van der Waals surface area contributed by atoms with Crippen LogP contribution in [0.5, 0.6) is 0 Å². The summed E-state index contributed by atoms with van der Waals surface area (Å²) in [6.45, 7) is 4.47. The Morgan fingerprint density at radius 3 is 2.85 bits per heavy atom. The second-order valence-electron chi connectivity index (χ2n) is 7.76. The summed E-state index contributed by atoms with van der Waals surface area (Å²) in [4.78, 5) is 26.8. The normalized spacial score (nSPS) is 34.1. The maximum absolute atomic E-state index is 13.1. The van der Waals surface area contributed by atoms with Crippen LogP contribution in [0.15, 0.2) is 23.1 Å². The number of hydrogen-bond acceptors (Lipinski definition) is 7. The number of allylic oxidation sites excluding steroid dienone is 1. The monoisotopic (exact) mass is 377 g/mol. The molecule has 0 saturated carbocycles. The Balaban J connectivity index is 1.41.